The third-order valence-electron chi connectivity index (χ3n) is 4.73. The minimum atomic E-state index is -0.208. The summed E-state index contributed by atoms with van der Waals surface area (Å²) in [5, 5.41) is 3.48. The zero-order valence-corrected chi connectivity index (χ0v) is 15.8. The highest BCUT2D eigenvalue weighted by Crippen LogP contribution is 2.30. The highest BCUT2D eigenvalue weighted by atomic mass is 35.5. The Labute approximate surface area is 168 Å². The van der Waals surface area contributed by atoms with Gasteiger partial charge in [0.15, 0.2) is 0 Å². The first-order chi connectivity index (χ1) is 13.6. The van der Waals surface area contributed by atoms with Gasteiger partial charge in [0.05, 0.1) is 0 Å². The van der Waals surface area contributed by atoms with E-state index in [2.05, 4.69) is 10.3 Å². The number of hydrogen-bond donors (Lipinski definition) is 1. The van der Waals surface area contributed by atoms with Crippen molar-refractivity contribution in [1.29, 1.82) is 0 Å². The van der Waals surface area contributed by atoms with E-state index >= 15 is 0 Å². The zero-order chi connectivity index (χ0) is 19.5. The molecule has 0 saturated carbocycles. The molecule has 0 saturated heterocycles. The first-order valence-electron chi connectivity index (χ1n) is 9.00. The Morgan fingerprint density at radius 1 is 1.07 bits per heavy atom. The van der Waals surface area contributed by atoms with E-state index in [1.807, 2.05) is 18.2 Å². The number of fused-ring (bicyclic) bond motifs is 1. The van der Waals surface area contributed by atoms with Gasteiger partial charge >= 0.3 is 0 Å². The van der Waals surface area contributed by atoms with Gasteiger partial charge in [0.25, 0.3) is 11.8 Å². The maximum atomic E-state index is 12.8. The summed E-state index contributed by atoms with van der Waals surface area (Å²) in [6, 6.07) is 18.1. The summed E-state index contributed by atoms with van der Waals surface area (Å²) >= 11 is 5.91. The lowest BCUT2D eigenvalue weighted by molar-refractivity contribution is 0.0944. The van der Waals surface area contributed by atoms with Crippen LogP contribution in [0.5, 0.6) is 0 Å². The summed E-state index contributed by atoms with van der Waals surface area (Å²) < 4.78 is 0. The molecule has 28 heavy (non-hydrogen) atoms. The monoisotopic (exact) mass is 391 g/mol. The van der Waals surface area contributed by atoms with Crippen LogP contribution in [0.2, 0.25) is 5.02 Å². The molecule has 1 aliphatic heterocycles. The van der Waals surface area contributed by atoms with E-state index in [4.69, 9.17) is 11.6 Å². The van der Waals surface area contributed by atoms with Gasteiger partial charge in [-0.15, -0.1) is 0 Å². The van der Waals surface area contributed by atoms with E-state index in [0.29, 0.717) is 29.4 Å². The van der Waals surface area contributed by atoms with Crippen LogP contribution in [0.25, 0.3) is 0 Å². The normalized spacial score (nSPS) is 12.5. The first-order valence-corrected chi connectivity index (χ1v) is 9.38. The number of anilines is 1. The summed E-state index contributed by atoms with van der Waals surface area (Å²) in [5.41, 5.74) is 4.02. The van der Waals surface area contributed by atoms with Gasteiger partial charge in [-0.2, -0.15) is 0 Å². The van der Waals surface area contributed by atoms with Crippen molar-refractivity contribution >= 4 is 29.1 Å². The fraction of sp³-hybridized carbons (Fsp3) is 0.136. The maximum absolute atomic E-state index is 12.8. The standard InChI is InChI=1S/C22H18ClN3O2/c23-18-7-5-16(6-8-18)22(28)26-12-10-17-13-15(4-9-20(17)26)14-25-21(27)19-3-1-2-11-24-19/h1-9,11,13H,10,12,14H2,(H,25,27). The van der Waals surface area contributed by atoms with E-state index in [9.17, 15) is 9.59 Å². The number of hydrogen-bond acceptors (Lipinski definition) is 3. The lowest BCUT2D eigenvalue weighted by atomic mass is 10.1. The van der Waals surface area contributed by atoms with Gasteiger partial charge in [-0.25, -0.2) is 0 Å². The quantitative estimate of drug-likeness (QED) is 0.734. The molecule has 0 radical (unpaired) electrons. The molecule has 140 valence electrons. The number of nitrogens with zero attached hydrogens (tertiary/aromatic N) is 2. The predicted octanol–water partition coefficient (Wildman–Crippen LogP) is 3.87. The Morgan fingerprint density at radius 3 is 2.64 bits per heavy atom. The van der Waals surface area contributed by atoms with Crippen molar-refractivity contribution in [2.75, 3.05) is 11.4 Å². The van der Waals surface area contributed by atoms with E-state index in [1.165, 1.54) is 0 Å². The number of amides is 2. The lowest BCUT2D eigenvalue weighted by Crippen LogP contribution is -2.28. The van der Waals surface area contributed by atoms with Crippen molar-refractivity contribution in [3.05, 3.63) is 94.3 Å². The molecule has 5 nitrogen and oxygen atoms in total. The third-order valence-corrected chi connectivity index (χ3v) is 4.98. The van der Waals surface area contributed by atoms with Gasteiger partial charge in [-0.3, -0.25) is 14.6 Å². The molecule has 0 bridgehead atoms. The minimum Gasteiger partial charge on any atom is -0.347 e. The Kier molecular flexibility index (Phi) is 5.08. The topological polar surface area (TPSA) is 62.3 Å². The summed E-state index contributed by atoms with van der Waals surface area (Å²) in [4.78, 5) is 30.8. The van der Waals surface area contributed by atoms with Crippen molar-refractivity contribution in [2.45, 2.75) is 13.0 Å². The number of carbonyl (C=O) groups is 2. The van der Waals surface area contributed by atoms with E-state index in [-0.39, 0.29) is 11.8 Å². The molecule has 3 aromatic rings. The lowest BCUT2D eigenvalue weighted by Gasteiger charge is -2.18. The Balaban J connectivity index is 1.45. The van der Waals surface area contributed by atoms with Gasteiger partial charge in [-0.05, 0) is 60.0 Å². The molecular weight excluding hydrogens is 374 g/mol. The average molecular weight is 392 g/mol. The number of carbonyl (C=O) groups excluding carboxylic acids is 2. The summed E-state index contributed by atoms with van der Waals surface area (Å²) in [5.74, 6) is -0.243. The molecule has 2 amide bonds. The molecule has 2 heterocycles. The molecule has 0 atom stereocenters. The molecule has 2 aromatic carbocycles. The second kappa shape index (κ2) is 7.82. The fourth-order valence-corrected chi connectivity index (χ4v) is 3.42. The van der Waals surface area contributed by atoms with Crippen LogP contribution >= 0.6 is 11.6 Å². The fourth-order valence-electron chi connectivity index (χ4n) is 3.29. The SMILES string of the molecule is O=C(NCc1ccc2c(c1)CCN2C(=O)c1ccc(Cl)cc1)c1ccccn1. The maximum Gasteiger partial charge on any atom is 0.270 e. The molecule has 0 fully saturated rings. The van der Waals surface area contributed by atoms with Crippen LogP contribution in [0.4, 0.5) is 5.69 Å². The largest absolute Gasteiger partial charge is 0.347 e. The van der Waals surface area contributed by atoms with Crippen LogP contribution in [-0.2, 0) is 13.0 Å². The molecule has 1 aromatic heterocycles. The molecule has 1 aliphatic rings. The number of nitrogens with one attached hydrogen (secondary N) is 1. The minimum absolute atomic E-state index is 0.0355. The van der Waals surface area contributed by atoms with Gasteiger partial charge in [0.1, 0.15) is 5.69 Å². The molecular formula is C22H18ClN3O2. The molecule has 4 rings (SSSR count). The molecule has 0 unspecified atom stereocenters. The van der Waals surface area contributed by atoms with Crippen molar-refractivity contribution in [1.82, 2.24) is 10.3 Å². The third kappa shape index (κ3) is 3.75. The van der Waals surface area contributed by atoms with Crippen LogP contribution in [-0.4, -0.2) is 23.3 Å². The smallest absolute Gasteiger partial charge is 0.270 e. The van der Waals surface area contributed by atoms with Crippen molar-refractivity contribution in [3.63, 3.8) is 0 Å². The van der Waals surface area contributed by atoms with E-state index in [0.717, 1.165) is 23.2 Å². The van der Waals surface area contributed by atoms with Crippen molar-refractivity contribution in [3.8, 4) is 0 Å². The second-order valence-corrected chi connectivity index (χ2v) is 7.01. The van der Waals surface area contributed by atoms with Gasteiger partial charge in [0, 0.05) is 35.6 Å². The number of rotatable bonds is 4. The van der Waals surface area contributed by atoms with Crippen LogP contribution in [0, 0.1) is 0 Å². The first kappa shape index (κ1) is 18.2. The van der Waals surface area contributed by atoms with Crippen molar-refractivity contribution in [2.24, 2.45) is 0 Å². The molecule has 0 spiro atoms. The van der Waals surface area contributed by atoms with Crippen LogP contribution in [0.1, 0.15) is 32.0 Å². The van der Waals surface area contributed by atoms with Gasteiger partial charge < -0.3 is 10.2 Å². The van der Waals surface area contributed by atoms with Crippen LogP contribution in [0.3, 0.4) is 0 Å². The zero-order valence-electron chi connectivity index (χ0n) is 15.1. The Hall–Kier alpha value is -3.18. The highest BCUT2D eigenvalue weighted by Gasteiger charge is 2.25. The Bertz CT molecular complexity index is 1020. The molecule has 1 N–H and O–H groups in total. The van der Waals surface area contributed by atoms with Crippen molar-refractivity contribution < 1.29 is 9.59 Å². The number of aromatic nitrogens is 1. The predicted molar refractivity (Wildman–Crippen MR) is 109 cm³/mol. The van der Waals surface area contributed by atoms with E-state index < -0.39 is 0 Å². The van der Waals surface area contributed by atoms with E-state index in [1.54, 1.807) is 53.6 Å². The number of benzene rings is 2. The second-order valence-electron chi connectivity index (χ2n) is 6.57. The number of halogens is 1. The average Bonchev–Trinajstić information content (AvgIpc) is 3.16. The Morgan fingerprint density at radius 2 is 1.89 bits per heavy atom. The molecule has 0 aliphatic carbocycles. The molecule has 6 heteroatoms. The summed E-state index contributed by atoms with van der Waals surface area (Å²) in [6.07, 6.45) is 2.38. The van der Waals surface area contributed by atoms with Gasteiger partial charge in [-0.1, -0.05) is 29.8 Å². The summed E-state index contributed by atoms with van der Waals surface area (Å²) in [6.45, 7) is 1.05. The van der Waals surface area contributed by atoms with Crippen LogP contribution in [0.15, 0.2) is 66.9 Å². The van der Waals surface area contributed by atoms with Gasteiger partial charge in [0.2, 0.25) is 0 Å². The summed E-state index contributed by atoms with van der Waals surface area (Å²) in [7, 11) is 0. The number of pyridine rings is 1. The highest BCUT2D eigenvalue weighted by molar-refractivity contribution is 6.30. The van der Waals surface area contributed by atoms with Crippen LogP contribution < -0.4 is 10.2 Å².